The molecule has 0 saturated heterocycles. The highest BCUT2D eigenvalue weighted by Gasteiger charge is 2.20. The van der Waals surface area contributed by atoms with E-state index in [1.165, 1.54) is 11.8 Å². The van der Waals surface area contributed by atoms with Crippen LogP contribution >= 0.6 is 23.2 Å². The summed E-state index contributed by atoms with van der Waals surface area (Å²) in [5.41, 5.74) is 2.96. The van der Waals surface area contributed by atoms with E-state index in [2.05, 4.69) is 5.32 Å². The molecule has 2 aromatic rings. The van der Waals surface area contributed by atoms with Gasteiger partial charge in [-0.1, -0.05) is 35.3 Å². The van der Waals surface area contributed by atoms with Crippen molar-refractivity contribution >= 4 is 46.4 Å². The van der Waals surface area contributed by atoms with Crippen molar-refractivity contribution in [2.75, 3.05) is 16.8 Å². The van der Waals surface area contributed by atoms with Gasteiger partial charge in [-0.3, -0.25) is 9.59 Å². The molecule has 1 N–H and O–H groups in total. The van der Waals surface area contributed by atoms with E-state index in [0.717, 1.165) is 11.1 Å². The molecule has 0 atom stereocenters. The van der Waals surface area contributed by atoms with E-state index in [0.29, 0.717) is 21.4 Å². The molecule has 0 aliphatic carbocycles. The summed E-state index contributed by atoms with van der Waals surface area (Å²) in [7, 11) is 0. The first-order valence-corrected chi connectivity index (χ1v) is 8.14. The van der Waals surface area contributed by atoms with Gasteiger partial charge in [-0.2, -0.15) is 0 Å². The maximum Gasteiger partial charge on any atom is 0.244 e. The van der Waals surface area contributed by atoms with Gasteiger partial charge in [0.15, 0.2) is 0 Å². The van der Waals surface area contributed by atoms with Gasteiger partial charge in [-0.25, -0.2) is 0 Å². The number of nitrogens with one attached hydrogen (secondary N) is 1. The molecule has 6 heteroatoms. The number of aryl methyl sites for hydroxylation is 2. The Morgan fingerprint density at radius 2 is 1.83 bits per heavy atom. The van der Waals surface area contributed by atoms with Gasteiger partial charge >= 0.3 is 0 Å². The Balaban J connectivity index is 2.23. The standard InChI is InChI=1S/C18H18Cl2N2O2/c1-11-7-12(2)18(16(20)8-11)22(13(3)23)10-17(24)21-15-6-4-5-14(19)9-15/h4-9H,10H2,1-3H3,(H,21,24). The predicted molar refractivity (Wildman–Crippen MR) is 99.0 cm³/mol. The number of rotatable bonds is 4. The quantitative estimate of drug-likeness (QED) is 0.861. The van der Waals surface area contributed by atoms with Crippen molar-refractivity contribution in [3.8, 4) is 0 Å². The second-order valence-corrected chi connectivity index (χ2v) is 6.42. The minimum atomic E-state index is -0.330. The third-order valence-corrected chi connectivity index (χ3v) is 3.98. The number of carbonyl (C=O) groups excluding carboxylic acids is 2. The van der Waals surface area contributed by atoms with Gasteiger partial charge in [-0.15, -0.1) is 0 Å². The fourth-order valence-corrected chi connectivity index (χ4v) is 3.12. The van der Waals surface area contributed by atoms with Crippen LogP contribution in [0.1, 0.15) is 18.1 Å². The number of benzene rings is 2. The summed E-state index contributed by atoms with van der Waals surface area (Å²) in [4.78, 5) is 25.7. The van der Waals surface area contributed by atoms with Crippen molar-refractivity contribution in [3.63, 3.8) is 0 Å². The van der Waals surface area contributed by atoms with Crippen LogP contribution in [0, 0.1) is 13.8 Å². The normalized spacial score (nSPS) is 10.4. The highest BCUT2D eigenvalue weighted by atomic mass is 35.5. The molecule has 2 amide bonds. The molecule has 0 aliphatic heterocycles. The van der Waals surface area contributed by atoms with Crippen LogP contribution in [0.2, 0.25) is 10.0 Å². The highest BCUT2D eigenvalue weighted by molar-refractivity contribution is 6.34. The average Bonchev–Trinajstić information content (AvgIpc) is 2.44. The summed E-state index contributed by atoms with van der Waals surface area (Å²) in [6, 6.07) is 10.5. The first-order chi connectivity index (χ1) is 11.3. The third kappa shape index (κ3) is 4.49. The molecular weight excluding hydrogens is 347 g/mol. The van der Waals surface area contributed by atoms with Crippen molar-refractivity contribution in [1.29, 1.82) is 0 Å². The van der Waals surface area contributed by atoms with Gasteiger partial charge < -0.3 is 10.2 Å². The second kappa shape index (κ2) is 7.69. The summed E-state index contributed by atoms with van der Waals surface area (Å²) in [6.45, 7) is 5.05. The van der Waals surface area contributed by atoms with E-state index in [9.17, 15) is 9.59 Å². The van der Waals surface area contributed by atoms with Crippen LogP contribution in [-0.4, -0.2) is 18.4 Å². The van der Waals surface area contributed by atoms with Gasteiger partial charge in [0, 0.05) is 17.6 Å². The van der Waals surface area contributed by atoms with E-state index in [4.69, 9.17) is 23.2 Å². The fourth-order valence-electron chi connectivity index (χ4n) is 2.51. The zero-order valence-corrected chi connectivity index (χ0v) is 15.2. The van der Waals surface area contributed by atoms with Gasteiger partial charge in [0.1, 0.15) is 6.54 Å². The number of hydrogen-bond acceptors (Lipinski definition) is 2. The first-order valence-electron chi connectivity index (χ1n) is 7.38. The number of amides is 2. The SMILES string of the molecule is CC(=O)N(CC(=O)Nc1cccc(Cl)c1)c1c(C)cc(C)cc1Cl. The van der Waals surface area contributed by atoms with Crippen LogP contribution in [0.5, 0.6) is 0 Å². The summed E-state index contributed by atoms with van der Waals surface area (Å²) < 4.78 is 0. The second-order valence-electron chi connectivity index (χ2n) is 5.58. The minimum Gasteiger partial charge on any atom is -0.324 e. The molecule has 0 unspecified atom stereocenters. The van der Waals surface area contributed by atoms with E-state index >= 15 is 0 Å². The predicted octanol–water partition coefficient (Wildman–Crippen LogP) is 4.60. The van der Waals surface area contributed by atoms with Crippen molar-refractivity contribution < 1.29 is 9.59 Å². The zero-order chi connectivity index (χ0) is 17.9. The van der Waals surface area contributed by atoms with Gasteiger partial charge in [0.25, 0.3) is 0 Å². The lowest BCUT2D eigenvalue weighted by atomic mass is 10.1. The summed E-state index contributed by atoms with van der Waals surface area (Å²) in [5, 5.41) is 3.69. The molecule has 4 nitrogen and oxygen atoms in total. The Morgan fingerprint density at radius 3 is 2.42 bits per heavy atom. The van der Waals surface area contributed by atoms with Crippen LogP contribution in [0.15, 0.2) is 36.4 Å². The van der Waals surface area contributed by atoms with Crippen LogP contribution in [0.4, 0.5) is 11.4 Å². The fraction of sp³-hybridized carbons (Fsp3) is 0.222. The molecule has 126 valence electrons. The van der Waals surface area contributed by atoms with Crippen LogP contribution in [0.3, 0.4) is 0 Å². The molecule has 0 heterocycles. The Bertz CT molecular complexity index is 767. The number of anilines is 2. The lowest BCUT2D eigenvalue weighted by Crippen LogP contribution is -2.37. The number of nitrogens with zero attached hydrogens (tertiary/aromatic N) is 1. The monoisotopic (exact) mass is 364 g/mol. The molecular formula is C18H18Cl2N2O2. The Labute approximate surface area is 151 Å². The van der Waals surface area contributed by atoms with E-state index in [1.54, 1.807) is 30.3 Å². The average molecular weight is 365 g/mol. The molecule has 0 fully saturated rings. The first kappa shape index (κ1) is 18.3. The largest absolute Gasteiger partial charge is 0.324 e. The van der Waals surface area contributed by atoms with E-state index in [1.807, 2.05) is 19.9 Å². The molecule has 2 rings (SSSR count). The molecule has 0 bridgehead atoms. The lowest BCUT2D eigenvalue weighted by molar-refractivity contribution is -0.120. The van der Waals surface area contributed by atoms with Gasteiger partial charge in [0.2, 0.25) is 11.8 Å². The number of halogens is 2. The topological polar surface area (TPSA) is 49.4 Å². The Kier molecular flexibility index (Phi) is 5.86. The molecule has 0 aromatic heterocycles. The zero-order valence-electron chi connectivity index (χ0n) is 13.7. The number of hydrogen-bond donors (Lipinski definition) is 1. The highest BCUT2D eigenvalue weighted by Crippen LogP contribution is 2.31. The number of carbonyl (C=O) groups is 2. The van der Waals surface area contributed by atoms with E-state index < -0.39 is 0 Å². The summed E-state index contributed by atoms with van der Waals surface area (Å²) in [5.74, 6) is -0.589. The molecule has 0 aliphatic rings. The van der Waals surface area contributed by atoms with Gasteiger partial charge in [-0.05, 0) is 49.2 Å². The van der Waals surface area contributed by atoms with Crippen molar-refractivity contribution in [2.24, 2.45) is 0 Å². The Morgan fingerprint density at radius 1 is 1.12 bits per heavy atom. The summed E-state index contributed by atoms with van der Waals surface area (Å²) >= 11 is 12.2. The third-order valence-electron chi connectivity index (χ3n) is 3.46. The van der Waals surface area contributed by atoms with Crippen molar-refractivity contribution in [3.05, 3.63) is 57.6 Å². The van der Waals surface area contributed by atoms with Crippen LogP contribution in [-0.2, 0) is 9.59 Å². The maximum atomic E-state index is 12.3. The van der Waals surface area contributed by atoms with Gasteiger partial charge in [0.05, 0.1) is 10.7 Å². The lowest BCUT2D eigenvalue weighted by Gasteiger charge is -2.24. The molecule has 24 heavy (non-hydrogen) atoms. The van der Waals surface area contributed by atoms with Crippen molar-refractivity contribution in [1.82, 2.24) is 0 Å². The smallest absolute Gasteiger partial charge is 0.244 e. The molecule has 0 saturated carbocycles. The Hall–Kier alpha value is -2.04. The van der Waals surface area contributed by atoms with Crippen molar-refractivity contribution in [2.45, 2.75) is 20.8 Å². The minimum absolute atomic E-state index is 0.133. The van der Waals surface area contributed by atoms with E-state index in [-0.39, 0.29) is 18.4 Å². The summed E-state index contributed by atoms with van der Waals surface area (Å²) in [6.07, 6.45) is 0. The molecule has 0 radical (unpaired) electrons. The molecule has 0 spiro atoms. The maximum absolute atomic E-state index is 12.3. The van der Waals surface area contributed by atoms with Crippen LogP contribution in [0.25, 0.3) is 0 Å². The molecule has 2 aromatic carbocycles. The van der Waals surface area contributed by atoms with Crippen LogP contribution < -0.4 is 10.2 Å².